The summed E-state index contributed by atoms with van der Waals surface area (Å²) in [6.07, 6.45) is 2.88. The molecular weight excluding hydrogens is 332 g/mol. The lowest BCUT2D eigenvalue weighted by Crippen LogP contribution is -2.33. The predicted octanol–water partition coefficient (Wildman–Crippen LogP) is 2.22. The summed E-state index contributed by atoms with van der Waals surface area (Å²) >= 11 is 0. The molecule has 0 fully saturated rings. The third kappa shape index (κ3) is 3.67. The number of nitrogens with zero attached hydrogens (tertiary/aromatic N) is 3. The van der Waals surface area contributed by atoms with Gasteiger partial charge in [-0.3, -0.25) is 14.3 Å². The molecule has 2 heterocycles. The van der Waals surface area contributed by atoms with Gasteiger partial charge in [-0.1, -0.05) is 6.07 Å². The Morgan fingerprint density at radius 3 is 2.80 bits per heavy atom. The molecule has 0 saturated carbocycles. The SMILES string of the molecule is O=C(O)CCN(Cc1ccc(F)c(F)c1)C(=O)c1cnn2c1CCC2. The van der Waals surface area contributed by atoms with Crippen molar-refractivity contribution in [3.8, 4) is 0 Å². The largest absolute Gasteiger partial charge is 0.481 e. The highest BCUT2D eigenvalue weighted by Gasteiger charge is 2.25. The number of carboxylic acids is 1. The van der Waals surface area contributed by atoms with Crippen LogP contribution in [0.1, 0.15) is 34.5 Å². The van der Waals surface area contributed by atoms with Gasteiger partial charge in [0.25, 0.3) is 5.91 Å². The van der Waals surface area contributed by atoms with Crippen LogP contribution in [-0.2, 0) is 24.3 Å². The highest BCUT2D eigenvalue weighted by atomic mass is 19.2. The fourth-order valence-corrected chi connectivity index (χ4v) is 2.95. The van der Waals surface area contributed by atoms with Crippen LogP contribution in [0.2, 0.25) is 0 Å². The van der Waals surface area contributed by atoms with Crippen molar-refractivity contribution < 1.29 is 23.5 Å². The maximum atomic E-state index is 13.4. The number of aryl methyl sites for hydroxylation is 1. The van der Waals surface area contributed by atoms with E-state index in [0.717, 1.165) is 37.2 Å². The van der Waals surface area contributed by atoms with Gasteiger partial charge in [0.05, 0.1) is 23.9 Å². The van der Waals surface area contributed by atoms with Gasteiger partial charge in [-0.2, -0.15) is 5.10 Å². The molecule has 25 heavy (non-hydrogen) atoms. The molecule has 3 rings (SSSR count). The smallest absolute Gasteiger partial charge is 0.305 e. The first kappa shape index (κ1) is 17.1. The lowest BCUT2D eigenvalue weighted by atomic mass is 10.1. The molecule has 0 atom stereocenters. The fourth-order valence-electron chi connectivity index (χ4n) is 2.95. The molecule has 0 unspecified atom stereocenters. The van der Waals surface area contributed by atoms with Crippen molar-refractivity contribution in [2.45, 2.75) is 32.4 Å². The molecule has 8 heteroatoms. The van der Waals surface area contributed by atoms with E-state index in [1.807, 2.05) is 0 Å². The van der Waals surface area contributed by atoms with E-state index < -0.39 is 17.6 Å². The Hall–Kier alpha value is -2.77. The van der Waals surface area contributed by atoms with Crippen molar-refractivity contribution >= 4 is 11.9 Å². The molecular formula is C17H17F2N3O3. The Morgan fingerprint density at radius 1 is 1.28 bits per heavy atom. The standard InChI is InChI=1S/C17H17F2N3O3/c18-13-4-3-11(8-14(13)19)10-21(7-5-16(23)24)17(25)12-9-20-22-6-1-2-15(12)22/h3-4,8-9H,1-2,5-7,10H2,(H,23,24). The molecule has 1 aliphatic rings. The van der Waals surface area contributed by atoms with E-state index in [0.29, 0.717) is 11.1 Å². The summed E-state index contributed by atoms with van der Waals surface area (Å²) in [6, 6.07) is 3.38. The number of aromatic nitrogens is 2. The van der Waals surface area contributed by atoms with Crippen molar-refractivity contribution in [3.05, 3.63) is 52.9 Å². The van der Waals surface area contributed by atoms with Gasteiger partial charge in [0, 0.05) is 19.6 Å². The number of carbonyl (C=O) groups excluding carboxylic acids is 1. The summed E-state index contributed by atoms with van der Waals surface area (Å²) in [6.45, 7) is 0.715. The van der Waals surface area contributed by atoms with Crippen molar-refractivity contribution in [3.63, 3.8) is 0 Å². The molecule has 2 aromatic rings. The van der Waals surface area contributed by atoms with E-state index in [4.69, 9.17) is 5.11 Å². The van der Waals surface area contributed by atoms with E-state index in [9.17, 15) is 18.4 Å². The van der Waals surface area contributed by atoms with Gasteiger partial charge < -0.3 is 10.0 Å². The second-order valence-corrected chi connectivity index (χ2v) is 5.95. The number of hydrogen-bond acceptors (Lipinski definition) is 3. The fraction of sp³-hybridized carbons (Fsp3) is 0.353. The molecule has 0 radical (unpaired) electrons. The minimum absolute atomic E-state index is 0.00602. The van der Waals surface area contributed by atoms with Crippen LogP contribution in [0.25, 0.3) is 0 Å². The lowest BCUT2D eigenvalue weighted by Gasteiger charge is -2.22. The van der Waals surface area contributed by atoms with Crippen LogP contribution < -0.4 is 0 Å². The van der Waals surface area contributed by atoms with Crippen molar-refractivity contribution in [1.29, 1.82) is 0 Å². The first-order valence-corrected chi connectivity index (χ1v) is 7.95. The van der Waals surface area contributed by atoms with Gasteiger partial charge in [-0.25, -0.2) is 8.78 Å². The minimum atomic E-state index is -1.04. The molecule has 132 valence electrons. The van der Waals surface area contributed by atoms with Gasteiger partial charge in [-0.05, 0) is 30.5 Å². The van der Waals surface area contributed by atoms with Crippen LogP contribution in [-0.4, -0.2) is 38.2 Å². The molecule has 1 amide bonds. The molecule has 1 aromatic heterocycles. The number of hydrogen-bond donors (Lipinski definition) is 1. The number of carbonyl (C=O) groups is 2. The molecule has 0 bridgehead atoms. The first-order chi connectivity index (χ1) is 12.0. The van der Waals surface area contributed by atoms with Gasteiger partial charge in [0.1, 0.15) is 0 Å². The molecule has 1 aromatic carbocycles. The first-order valence-electron chi connectivity index (χ1n) is 7.95. The Bertz CT molecular complexity index is 819. The Labute approximate surface area is 142 Å². The molecule has 0 saturated heterocycles. The number of rotatable bonds is 6. The number of fused-ring (bicyclic) bond motifs is 1. The molecule has 6 nitrogen and oxygen atoms in total. The minimum Gasteiger partial charge on any atom is -0.481 e. The summed E-state index contributed by atoms with van der Waals surface area (Å²) in [7, 11) is 0. The zero-order valence-corrected chi connectivity index (χ0v) is 13.4. The van der Waals surface area contributed by atoms with Gasteiger partial charge in [0.2, 0.25) is 0 Å². The monoisotopic (exact) mass is 349 g/mol. The van der Waals surface area contributed by atoms with Crippen molar-refractivity contribution in [1.82, 2.24) is 14.7 Å². The normalized spacial score (nSPS) is 12.9. The number of carboxylic acid groups (broad SMARTS) is 1. The number of halogens is 2. The van der Waals surface area contributed by atoms with Crippen LogP contribution in [0.5, 0.6) is 0 Å². The van der Waals surface area contributed by atoms with Crippen LogP contribution in [0.3, 0.4) is 0 Å². The van der Waals surface area contributed by atoms with E-state index in [2.05, 4.69) is 5.10 Å². The van der Waals surface area contributed by atoms with E-state index in [1.165, 1.54) is 17.2 Å². The zero-order chi connectivity index (χ0) is 18.0. The number of aliphatic carboxylic acids is 1. The Kier molecular flexibility index (Phi) is 4.78. The second kappa shape index (κ2) is 7.00. The molecule has 0 spiro atoms. The average molecular weight is 349 g/mol. The molecule has 1 N–H and O–H groups in total. The van der Waals surface area contributed by atoms with Gasteiger partial charge >= 0.3 is 5.97 Å². The summed E-state index contributed by atoms with van der Waals surface area (Å²) in [5.41, 5.74) is 1.66. The van der Waals surface area contributed by atoms with Crippen molar-refractivity contribution in [2.24, 2.45) is 0 Å². The maximum Gasteiger partial charge on any atom is 0.305 e. The van der Waals surface area contributed by atoms with Crippen LogP contribution in [0.15, 0.2) is 24.4 Å². The van der Waals surface area contributed by atoms with Crippen LogP contribution >= 0.6 is 0 Å². The third-order valence-electron chi connectivity index (χ3n) is 4.20. The van der Waals surface area contributed by atoms with Gasteiger partial charge in [-0.15, -0.1) is 0 Å². The third-order valence-corrected chi connectivity index (χ3v) is 4.20. The zero-order valence-electron chi connectivity index (χ0n) is 13.4. The quantitative estimate of drug-likeness (QED) is 0.868. The highest BCUT2D eigenvalue weighted by molar-refractivity contribution is 5.95. The molecule has 1 aliphatic heterocycles. The second-order valence-electron chi connectivity index (χ2n) is 5.95. The average Bonchev–Trinajstić information content (AvgIpc) is 3.17. The van der Waals surface area contributed by atoms with Crippen LogP contribution in [0, 0.1) is 11.6 Å². The predicted molar refractivity (Wildman–Crippen MR) is 83.9 cm³/mol. The maximum absolute atomic E-state index is 13.4. The number of benzene rings is 1. The number of amides is 1. The van der Waals surface area contributed by atoms with E-state index in [-0.39, 0.29) is 25.4 Å². The highest BCUT2D eigenvalue weighted by Crippen LogP contribution is 2.21. The molecule has 0 aliphatic carbocycles. The summed E-state index contributed by atoms with van der Waals surface area (Å²) < 4.78 is 28.3. The summed E-state index contributed by atoms with van der Waals surface area (Å²) in [4.78, 5) is 25.1. The van der Waals surface area contributed by atoms with Gasteiger partial charge in [0.15, 0.2) is 11.6 Å². The van der Waals surface area contributed by atoms with Crippen molar-refractivity contribution in [2.75, 3.05) is 6.54 Å². The van der Waals surface area contributed by atoms with E-state index >= 15 is 0 Å². The van der Waals surface area contributed by atoms with E-state index in [1.54, 1.807) is 4.68 Å². The topological polar surface area (TPSA) is 75.4 Å². The summed E-state index contributed by atoms with van der Waals surface area (Å²) in [5.74, 6) is -3.37. The lowest BCUT2D eigenvalue weighted by molar-refractivity contribution is -0.137. The Balaban J connectivity index is 1.84. The summed E-state index contributed by atoms with van der Waals surface area (Å²) in [5, 5.41) is 13.1. The Morgan fingerprint density at radius 2 is 2.08 bits per heavy atom. The van der Waals surface area contributed by atoms with Crippen LogP contribution in [0.4, 0.5) is 8.78 Å².